The van der Waals surface area contributed by atoms with Gasteiger partial charge in [-0.15, -0.1) is 0 Å². The Morgan fingerprint density at radius 2 is 1.94 bits per heavy atom. The SMILES string of the molecule is Cc1ccc(S(=O)(=O)O/N=C(\C#N)C(N)=O)cc1. The van der Waals surface area contributed by atoms with Gasteiger partial charge in [-0.05, 0) is 24.2 Å². The van der Waals surface area contributed by atoms with Gasteiger partial charge in [-0.2, -0.15) is 13.7 Å². The van der Waals surface area contributed by atoms with E-state index < -0.39 is 21.7 Å². The van der Waals surface area contributed by atoms with Crippen LogP contribution in [0.25, 0.3) is 0 Å². The van der Waals surface area contributed by atoms with Crippen LogP contribution in [-0.2, 0) is 19.2 Å². The fourth-order valence-electron chi connectivity index (χ4n) is 0.955. The molecule has 7 nitrogen and oxygen atoms in total. The second kappa shape index (κ2) is 5.29. The predicted molar refractivity (Wildman–Crippen MR) is 61.7 cm³/mol. The molecule has 0 heterocycles. The molecular weight excluding hydrogens is 258 g/mol. The van der Waals surface area contributed by atoms with E-state index in [1.54, 1.807) is 19.1 Å². The predicted octanol–water partition coefficient (Wildman–Crippen LogP) is 0.0652. The lowest BCUT2D eigenvalue weighted by Gasteiger charge is -2.01. The van der Waals surface area contributed by atoms with Gasteiger partial charge < -0.3 is 5.73 Å². The minimum atomic E-state index is -4.16. The van der Waals surface area contributed by atoms with Crippen LogP contribution in [-0.4, -0.2) is 20.0 Å². The Balaban J connectivity index is 3.00. The van der Waals surface area contributed by atoms with Gasteiger partial charge in [0.2, 0.25) is 5.71 Å². The van der Waals surface area contributed by atoms with Crippen LogP contribution >= 0.6 is 0 Å². The normalized spacial score (nSPS) is 11.7. The van der Waals surface area contributed by atoms with Crippen molar-refractivity contribution in [2.75, 3.05) is 0 Å². The zero-order valence-corrected chi connectivity index (χ0v) is 10.1. The first kappa shape index (κ1) is 13.7. The Kier molecular flexibility index (Phi) is 4.01. The maximum absolute atomic E-state index is 11.6. The van der Waals surface area contributed by atoms with Crippen LogP contribution in [0.3, 0.4) is 0 Å². The molecule has 0 aliphatic carbocycles. The van der Waals surface area contributed by atoms with Gasteiger partial charge in [0.1, 0.15) is 11.0 Å². The van der Waals surface area contributed by atoms with Crippen LogP contribution < -0.4 is 5.73 Å². The van der Waals surface area contributed by atoms with Crippen LogP contribution in [0, 0.1) is 18.3 Å². The average Bonchev–Trinajstić information content (AvgIpc) is 2.29. The van der Waals surface area contributed by atoms with Gasteiger partial charge in [-0.1, -0.05) is 17.7 Å². The van der Waals surface area contributed by atoms with Gasteiger partial charge in [0.25, 0.3) is 5.91 Å². The van der Waals surface area contributed by atoms with Gasteiger partial charge in [0.15, 0.2) is 0 Å². The summed E-state index contributed by atoms with van der Waals surface area (Å²) in [5.41, 5.74) is 4.81. The van der Waals surface area contributed by atoms with Crippen molar-refractivity contribution >= 4 is 21.7 Å². The first-order valence-corrected chi connectivity index (χ1v) is 6.06. The number of amides is 1. The molecule has 0 aliphatic heterocycles. The van der Waals surface area contributed by atoms with Crippen LogP contribution in [0.5, 0.6) is 0 Å². The second-order valence-electron chi connectivity index (χ2n) is 3.26. The van der Waals surface area contributed by atoms with Crippen molar-refractivity contribution in [1.82, 2.24) is 0 Å². The quantitative estimate of drug-likeness (QED) is 0.610. The summed E-state index contributed by atoms with van der Waals surface area (Å²) in [5.74, 6) is -1.17. The van der Waals surface area contributed by atoms with Crippen molar-refractivity contribution < 1.29 is 17.5 Å². The number of benzene rings is 1. The van der Waals surface area contributed by atoms with Crippen molar-refractivity contribution in [3.63, 3.8) is 0 Å². The molecule has 1 amide bonds. The minimum Gasteiger partial charge on any atom is -0.364 e. The number of nitrogens with zero attached hydrogens (tertiary/aromatic N) is 2. The van der Waals surface area contributed by atoms with Crippen molar-refractivity contribution in [3.05, 3.63) is 29.8 Å². The number of carbonyl (C=O) groups is 1. The highest BCUT2D eigenvalue weighted by atomic mass is 32.2. The first-order chi connectivity index (χ1) is 8.36. The van der Waals surface area contributed by atoms with Crippen molar-refractivity contribution in [1.29, 1.82) is 5.26 Å². The molecule has 0 spiro atoms. The Bertz CT molecular complexity index is 626. The third-order valence-corrected chi connectivity index (χ3v) is 3.00. The summed E-state index contributed by atoms with van der Waals surface area (Å²) >= 11 is 0. The molecule has 0 atom stereocenters. The molecule has 1 rings (SSSR count). The molecule has 0 fully saturated rings. The number of hydrogen-bond donors (Lipinski definition) is 1. The molecule has 2 N–H and O–H groups in total. The highest BCUT2D eigenvalue weighted by Crippen LogP contribution is 2.13. The zero-order chi connectivity index (χ0) is 13.8. The van der Waals surface area contributed by atoms with E-state index in [0.717, 1.165) is 5.56 Å². The van der Waals surface area contributed by atoms with Crippen LogP contribution in [0.4, 0.5) is 0 Å². The Morgan fingerprint density at radius 3 is 2.39 bits per heavy atom. The molecule has 8 heteroatoms. The number of carbonyl (C=O) groups excluding carboxylic acids is 1. The lowest BCUT2D eigenvalue weighted by atomic mass is 10.2. The van der Waals surface area contributed by atoms with E-state index in [2.05, 4.69) is 9.44 Å². The molecule has 0 saturated heterocycles. The molecule has 0 radical (unpaired) electrons. The monoisotopic (exact) mass is 267 g/mol. The van der Waals surface area contributed by atoms with Crippen molar-refractivity contribution in [3.8, 4) is 6.07 Å². The highest BCUT2D eigenvalue weighted by molar-refractivity contribution is 7.86. The summed E-state index contributed by atoms with van der Waals surface area (Å²) in [5, 5.41) is 11.3. The summed E-state index contributed by atoms with van der Waals surface area (Å²) in [4.78, 5) is 10.5. The average molecular weight is 267 g/mol. The van der Waals surface area contributed by atoms with Gasteiger partial charge in [0, 0.05) is 0 Å². The third-order valence-electron chi connectivity index (χ3n) is 1.88. The molecule has 94 valence electrons. The molecule has 0 aromatic heterocycles. The standard InChI is InChI=1S/C10H9N3O4S/c1-7-2-4-8(5-3-7)18(15,16)17-13-9(6-11)10(12)14/h2-5H,1H3,(H2,12,14)/b13-9+. The molecule has 1 aromatic carbocycles. The lowest BCUT2D eigenvalue weighted by Crippen LogP contribution is -2.22. The van der Waals surface area contributed by atoms with Crippen LogP contribution in [0.15, 0.2) is 34.3 Å². The first-order valence-electron chi connectivity index (χ1n) is 4.65. The summed E-state index contributed by atoms with van der Waals surface area (Å²) in [6, 6.07) is 7.09. The van der Waals surface area contributed by atoms with E-state index in [1.807, 2.05) is 0 Å². The Labute approximate surface area is 104 Å². The van der Waals surface area contributed by atoms with Crippen LogP contribution in [0.1, 0.15) is 5.56 Å². The zero-order valence-electron chi connectivity index (χ0n) is 9.32. The number of rotatable bonds is 4. The summed E-state index contributed by atoms with van der Waals surface area (Å²) in [6.07, 6.45) is 0. The Morgan fingerprint density at radius 1 is 1.39 bits per heavy atom. The Hall–Kier alpha value is -2.40. The highest BCUT2D eigenvalue weighted by Gasteiger charge is 2.17. The molecule has 0 saturated carbocycles. The largest absolute Gasteiger partial charge is 0.364 e. The summed E-state index contributed by atoms with van der Waals surface area (Å²) in [7, 11) is -4.16. The molecule has 18 heavy (non-hydrogen) atoms. The lowest BCUT2D eigenvalue weighted by molar-refractivity contribution is -0.111. The van der Waals surface area contributed by atoms with Gasteiger partial charge in [0.05, 0.1) is 0 Å². The van der Waals surface area contributed by atoms with E-state index in [4.69, 9.17) is 11.0 Å². The van der Waals surface area contributed by atoms with E-state index in [0.29, 0.717) is 0 Å². The molecule has 1 aromatic rings. The van der Waals surface area contributed by atoms with E-state index in [9.17, 15) is 13.2 Å². The van der Waals surface area contributed by atoms with E-state index >= 15 is 0 Å². The van der Waals surface area contributed by atoms with Crippen molar-refractivity contribution in [2.45, 2.75) is 11.8 Å². The van der Waals surface area contributed by atoms with Crippen LogP contribution in [0.2, 0.25) is 0 Å². The van der Waals surface area contributed by atoms with Gasteiger partial charge in [-0.3, -0.25) is 9.08 Å². The maximum Gasteiger partial charge on any atom is 0.358 e. The molecule has 0 unspecified atom stereocenters. The summed E-state index contributed by atoms with van der Waals surface area (Å²) < 4.78 is 27.4. The number of hydrogen-bond acceptors (Lipinski definition) is 6. The smallest absolute Gasteiger partial charge is 0.358 e. The van der Waals surface area contributed by atoms with Crippen molar-refractivity contribution in [2.24, 2.45) is 10.9 Å². The van der Waals surface area contributed by atoms with E-state index in [1.165, 1.54) is 18.2 Å². The molecular formula is C10H9N3O4S. The summed E-state index contributed by atoms with van der Waals surface area (Å²) in [6.45, 7) is 1.79. The minimum absolute atomic E-state index is 0.140. The van der Waals surface area contributed by atoms with Gasteiger partial charge in [-0.25, -0.2) is 0 Å². The third kappa shape index (κ3) is 3.29. The molecule has 0 bridgehead atoms. The topological polar surface area (TPSA) is 123 Å². The fraction of sp³-hybridized carbons (Fsp3) is 0.100. The molecule has 0 aliphatic rings. The number of nitriles is 1. The number of aryl methyl sites for hydroxylation is 1. The number of primary amides is 1. The fourth-order valence-corrected chi connectivity index (χ4v) is 1.68. The number of nitrogens with two attached hydrogens (primary N) is 1. The van der Waals surface area contributed by atoms with Gasteiger partial charge >= 0.3 is 10.1 Å². The maximum atomic E-state index is 11.6. The van der Waals surface area contributed by atoms with E-state index in [-0.39, 0.29) is 4.90 Å². The number of oxime groups is 1. The second-order valence-corrected chi connectivity index (χ2v) is 4.79.